The van der Waals surface area contributed by atoms with Crippen molar-refractivity contribution in [2.75, 3.05) is 12.8 Å². The van der Waals surface area contributed by atoms with Crippen LogP contribution < -0.4 is 0 Å². The zero-order valence-corrected chi connectivity index (χ0v) is 9.86. The molecule has 0 aliphatic rings. The van der Waals surface area contributed by atoms with E-state index in [0.717, 1.165) is 5.56 Å². The third-order valence-corrected chi connectivity index (χ3v) is 2.52. The standard InChI is InChI=1S/C10H11ClFNOS/c1-13(10(14)6-15)5-7-2-3-9(12)8(11)4-7/h2-4,15H,5-6H2,1H3. The summed E-state index contributed by atoms with van der Waals surface area (Å²) in [6.45, 7) is 0.402. The van der Waals surface area contributed by atoms with Crippen molar-refractivity contribution in [3.05, 3.63) is 34.6 Å². The third kappa shape index (κ3) is 3.39. The first kappa shape index (κ1) is 12.3. The summed E-state index contributed by atoms with van der Waals surface area (Å²) in [5, 5.41) is 0.0687. The van der Waals surface area contributed by atoms with Gasteiger partial charge >= 0.3 is 0 Å². The van der Waals surface area contributed by atoms with Gasteiger partial charge in [0.1, 0.15) is 5.82 Å². The van der Waals surface area contributed by atoms with Crippen LogP contribution in [-0.2, 0) is 11.3 Å². The fourth-order valence-corrected chi connectivity index (χ4v) is 1.57. The van der Waals surface area contributed by atoms with Gasteiger partial charge in [-0.3, -0.25) is 4.79 Å². The van der Waals surface area contributed by atoms with Crippen LogP contribution in [0.4, 0.5) is 4.39 Å². The molecule has 0 atom stereocenters. The Morgan fingerprint density at radius 2 is 2.27 bits per heavy atom. The van der Waals surface area contributed by atoms with Gasteiger partial charge in [-0.15, -0.1) is 0 Å². The molecule has 15 heavy (non-hydrogen) atoms. The van der Waals surface area contributed by atoms with Crippen LogP contribution in [-0.4, -0.2) is 23.6 Å². The zero-order chi connectivity index (χ0) is 11.4. The van der Waals surface area contributed by atoms with E-state index in [1.54, 1.807) is 13.1 Å². The number of amides is 1. The van der Waals surface area contributed by atoms with Crippen LogP contribution in [0.25, 0.3) is 0 Å². The number of hydrogen-bond donors (Lipinski definition) is 1. The van der Waals surface area contributed by atoms with Crippen LogP contribution in [0.5, 0.6) is 0 Å². The average Bonchev–Trinajstić information content (AvgIpc) is 2.22. The van der Waals surface area contributed by atoms with Crippen LogP contribution in [0.15, 0.2) is 18.2 Å². The van der Waals surface area contributed by atoms with E-state index >= 15 is 0 Å². The molecule has 0 N–H and O–H groups in total. The number of benzene rings is 1. The molecule has 82 valence electrons. The zero-order valence-electron chi connectivity index (χ0n) is 8.20. The Kier molecular flexibility index (Phi) is 4.42. The molecule has 0 saturated heterocycles. The summed E-state index contributed by atoms with van der Waals surface area (Å²) in [4.78, 5) is 12.7. The van der Waals surface area contributed by atoms with E-state index in [0.29, 0.717) is 6.54 Å². The quantitative estimate of drug-likeness (QED) is 0.814. The second-order valence-corrected chi connectivity index (χ2v) is 3.88. The van der Waals surface area contributed by atoms with Crippen LogP contribution in [0.1, 0.15) is 5.56 Å². The highest BCUT2D eigenvalue weighted by molar-refractivity contribution is 7.81. The molecule has 0 heterocycles. The molecule has 1 rings (SSSR count). The monoisotopic (exact) mass is 247 g/mol. The smallest absolute Gasteiger partial charge is 0.232 e. The lowest BCUT2D eigenvalue weighted by Crippen LogP contribution is -2.27. The van der Waals surface area contributed by atoms with Gasteiger partial charge in [-0.2, -0.15) is 12.6 Å². The highest BCUT2D eigenvalue weighted by Crippen LogP contribution is 2.16. The van der Waals surface area contributed by atoms with Gasteiger partial charge in [0.15, 0.2) is 0 Å². The van der Waals surface area contributed by atoms with Crippen LogP contribution in [0, 0.1) is 5.82 Å². The predicted molar refractivity (Wildman–Crippen MR) is 61.7 cm³/mol. The summed E-state index contributed by atoms with van der Waals surface area (Å²) in [5.74, 6) is -0.381. The van der Waals surface area contributed by atoms with Crippen molar-refractivity contribution < 1.29 is 9.18 Å². The van der Waals surface area contributed by atoms with Gasteiger partial charge in [0, 0.05) is 13.6 Å². The lowest BCUT2D eigenvalue weighted by atomic mass is 10.2. The molecule has 0 saturated carbocycles. The Bertz CT molecular complexity index is 372. The van der Waals surface area contributed by atoms with Crippen LogP contribution in [0.3, 0.4) is 0 Å². The maximum absolute atomic E-state index is 12.8. The molecular weight excluding hydrogens is 237 g/mol. The van der Waals surface area contributed by atoms with Crippen molar-refractivity contribution in [3.63, 3.8) is 0 Å². The first-order valence-corrected chi connectivity index (χ1v) is 5.34. The van der Waals surface area contributed by atoms with E-state index in [1.807, 2.05) is 0 Å². The normalized spacial score (nSPS) is 10.1. The molecule has 0 bridgehead atoms. The molecule has 5 heteroatoms. The number of rotatable bonds is 3. The van der Waals surface area contributed by atoms with Crippen molar-refractivity contribution in [3.8, 4) is 0 Å². The summed E-state index contributed by atoms with van der Waals surface area (Å²) in [6.07, 6.45) is 0. The number of carbonyl (C=O) groups excluding carboxylic acids is 1. The Labute approximate surface area is 98.4 Å². The molecule has 0 spiro atoms. The average molecular weight is 248 g/mol. The lowest BCUT2D eigenvalue weighted by molar-refractivity contribution is -0.127. The molecule has 0 fully saturated rings. The lowest BCUT2D eigenvalue weighted by Gasteiger charge is -2.16. The molecule has 0 unspecified atom stereocenters. The van der Waals surface area contributed by atoms with Crippen molar-refractivity contribution >= 4 is 30.1 Å². The van der Waals surface area contributed by atoms with Gasteiger partial charge in [-0.25, -0.2) is 4.39 Å². The van der Waals surface area contributed by atoms with E-state index in [1.165, 1.54) is 17.0 Å². The van der Waals surface area contributed by atoms with Crippen molar-refractivity contribution in [1.29, 1.82) is 0 Å². The van der Waals surface area contributed by atoms with Gasteiger partial charge in [-0.05, 0) is 17.7 Å². The molecule has 1 aromatic carbocycles. The number of thiol groups is 1. The van der Waals surface area contributed by atoms with Gasteiger partial charge < -0.3 is 4.90 Å². The minimum atomic E-state index is -0.455. The highest BCUT2D eigenvalue weighted by Gasteiger charge is 2.08. The van der Waals surface area contributed by atoms with Gasteiger partial charge in [-0.1, -0.05) is 17.7 Å². The molecule has 0 radical (unpaired) electrons. The van der Waals surface area contributed by atoms with Crippen LogP contribution >= 0.6 is 24.2 Å². The Morgan fingerprint density at radius 1 is 1.60 bits per heavy atom. The first-order valence-electron chi connectivity index (χ1n) is 4.33. The van der Waals surface area contributed by atoms with Gasteiger partial charge in [0.25, 0.3) is 0 Å². The number of halogens is 2. The molecule has 0 aliphatic heterocycles. The molecule has 2 nitrogen and oxygen atoms in total. The highest BCUT2D eigenvalue weighted by atomic mass is 35.5. The van der Waals surface area contributed by atoms with Crippen molar-refractivity contribution in [2.45, 2.75) is 6.54 Å². The summed E-state index contributed by atoms with van der Waals surface area (Å²) in [6, 6.07) is 4.40. The minimum Gasteiger partial charge on any atom is -0.341 e. The molecule has 1 amide bonds. The third-order valence-electron chi connectivity index (χ3n) is 1.96. The second kappa shape index (κ2) is 5.37. The fourth-order valence-electron chi connectivity index (χ4n) is 1.12. The molecular formula is C10H11ClFNOS. The summed E-state index contributed by atoms with van der Waals surface area (Å²) in [7, 11) is 1.66. The van der Waals surface area contributed by atoms with E-state index in [-0.39, 0.29) is 16.7 Å². The summed E-state index contributed by atoms with van der Waals surface area (Å²) in [5.41, 5.74) is 0.791. The summed E-state index contributed by atoms with van der Waals surface area (Å²) < 4.78 is 12.8. The Hall–Kier alpha value is -0.740. The summed E-state index contributed by atoms with van der Waals surface area (Å²) >= 11 is 9.50. The van der Waals surface area contributed by atoms with E-state index < -0.39 is 5.82 Å². The Morgan fingerprint density at radius 3 is 2.80 bits per heavy atom. The van der Waals surface area contributed by atoms with Gasteiger partial charge in [0.05, 0.1) is 10.8 Å². The van der Waals surface area contributed by atoms with Crippen molar-refractivity contribution in [1.82, 2.24) is 4.90 Å². The van der Waals surface area contributed by atoms with Gasteiger partial charge in [0.2, 0.25) is 5.91 Å². The van der Waals surface area contributed by atoms with Crippen molar-refractivity contribution in [2.24, 2.45) is 0 Å². The second-order valence-electron chi connectivity index (χ2n) is 3.16. The molecule has 0 aromatic heterocycles. The van der Waals surface area contributed by atoms with E-state index in [4.69, 9.17) is 11.6 Å². The predicted octanol–water partition coefficient (Wildman–Crippen LogP) is 2.37. The van der Waals surface area contributed by atoms with Crippen LogP contribution in [0.2, 0.25) is 5.02 Å². The number of carbonyl (C=O) groups is 1. The molecule has 0 aliphatic carbocycles. The topological polar surface area (TPSA) is 20.3 Å². The number of hydrogen-bond acceptors (Lipinski definition) is 2. The first-order chi connectivity index (χ1) is 7.04. The van der Waals surface area contributed by atoms with E-state index in [2.05, 4.69) is 12.6 Å². The largest absolute Gasteiger partial charge is 0.341 e. The Balaban J connectivity index is 2.73. The molecule has 1 aromatic rings. The maximum atomic E-state index is 12.8. The van der Waals surface area contributed by atoms with E-state index in [9.17, 15) is 9.18 Å². The maximum Gasteiger partial charge on any atom is 0.232 e. The minimum absolute atomic E-state index is 0.0687. The number of nitrogens with zero attached hydrogens (tertiary/aromatic N) is 1. The fraction of sp³-hybridized carbons (Fsp3) is 0.300. The SMILES string of the molecule is CN(Cc1ccc(F)c(Cl)c1)C(=O)CS.